The molecule has 1 aliphatic heterocycles. The molecule has 0 aromatic carbocycles. The maximum absolute atomic E-state index is 9.16. The first-order valence-electron chi connectivity index (χ1n) is 8.19. The predicted octanol–water partition coefficient (Wildman–Crippen LogP) is -1.41. The zero-order valence-corrected chi connectivity index (χ0v) is 16.5. The molecule has 6 heteroatoms. The monoisotopic (exact) mass is 424 g/mol. The normalized spacial score (nSPS) is 25.0. The van der Waals surface area contributed by atoms with Crippen LogP contribution in [0.4, 0.5) is 0 Å². The molecular weight excluding hydrogens is 393 g/mol. The van der Waals surface area contributed by atoms with Crippen molar-refractivity contribution in [1.29, 1.82) is 5.26 Å². The summed E-state index contributed by atoms with van der Waals surface area (Å²) in [6.07, 6.45) is 3.19. The molecule has 5 nitrogen and oxygen atoms in total. The zero-order chi connectivity index (χ0) is 16.6. The average molecular weight is 424 g/mol. The van der Waals surface area contributed by atoms with Gasteiger partial charge in [0.1, 0.15) is 0 Å². The van der Waals surface area contributed by atoms with Crippen LogP contribution in [0.25, 0.3) is 0 Å². The number of rotatable bonds is 12. The van der Waals surface area contributed by atoms with E-state index < -0.39 is 21.2 Å². The molecule has 0 radical (unpaired) electrons. The summed E-state index contributed by atoms with van der Waals surface area (Å²) in [4.78, 5) is 2.33. The second kappa shape index (κ2) is 10.0. The summed E-state index contributed by atoms with van der Waals surface area (Å²) in [5.74, 6) is 0.941. The Kier molecular flexibility index (Phi) is 9.17. The molecule has 130 valence electrons. The molecule has 0 aromatic rings. The molecule has 1 aliphatic rings. The molecule has 0 aliphatic carbocycles. The molecule has 0 spiro atoms. The summed E-state index contributed by atoms with van der Waals surface area (Å²) in [5.41, 5.74) is -0.163. The van der Waals surface area contributed by atoms with Gasteiger partial charge in [-0.05, 0) is 0 Å². The summed E-state index contributed by atoms with van der Waals surface area (Å²) in [6.45, 7) is 9.21. The summed E-state index contributed by atoms with van der Waals surface area (Å²) in [7, 11) is 2.12. The molecule has 0 saturated carbocycles. The third-order valence-corrected chi connectivity index (χ3v) is 6.85. The van der Waals surface area contributed by atoms with Crippen molar-refractivity contribution >= 4 is 0 Å². The van der Waals surface area contributed by atoms with E-state index in [1.807, 2.05) is 6.92 Å². The average Bonchev–Trinajstić information content (AvgIpc) is 3.31. The van der Waals surface area contributed by atoms with Gasteiger partial charge in [-0.2, -0.15) is 0 Å². The fourth-order valence-electron chi connectivity index (χ4n) is 2.39. The number of nitrogens with one attached hydrogen (secondary N) is 1. The molecule has 4 atom stereocenters. The Bertz CT molecular complexity index is 358. The molecular formula is C16H31IN3O2-. The molecule has 1 saturated heterocycles. The number of halogens is 1. The second-order valence-corrected chi connectivity index (χ2v) is 9.01. The van der Waals surface area contributed by atoms with E-state index >= 15 is 0 Å². The van der Waals surface area contributed by atoms with Crippen LogP contribution in [-0.2, 0) is 4.74 Å². The molecule has 0 aromatic heterocycles. The van der Waals surface area contributed by atoms with E-state index in [1.54, 1.807) is 0 Å². The summed E-state index contributed by atoms with van der Waals surface area (Å²) in [6, 6.07) is 0. The van der Waals surface area contributed by atoms with Crippen molar-refractivity contribution in [2.45, 2.75) is 49.8 Å². The minimum atomic E-state index is -0.479. The topological polar surface area (TPSA) is 71.8 Å². The number of ether oxygens (including phenoxy) is 1. The molecule has 0 amide bonds. The van der Waals surface area contributed by atoms with Crippen molar-refractivity contribution in [2.75, 3.05) is 33.4 Å². The van der Waals surface area contributed by atoms with Gasteiger partial charge in [0.25, 0.3) is 0 Å². The Labute approximate surface area is 145 Å². The zero-order valence-electron chi connectivity index (χ0n) is 14.3. The molecule has 3 unspecified atom stereocenters. The molecule has 2 N–H and O–H groups in total. The van der Waals surface area contributed by atoms with Crippen LogP contribution in [0.15, 0.2) is 0 Å². The van der Waals surface area contributed by atoms with E-state index in [9.17, 15) is 0 Å². The number of alkyl halides is 1. The van der Waals surface area contributed by atoms with Crippen LogP contribution < -0.4 is 26.5 Å². The van der Waals surface area contributed by atoms with Crippen LogP contribution in [-0.4, -0.2) is 53.1 Å². The Hall–Kier alpha value is 0.0600. The number of aliphatic hydroxyl groups is 1. The van der Waals surface area contributed by atoms with Gasteiger partial charge < -0.3 is 0 Å². The van der Waals surface area contributed by atoms with Crippen LogP contribution >= 0.6 is 0 Å². The van der Waals surface area contributed by atoms with E-state index in [-0.39, 0.29) is 18.2 Å². The minimum absolute atomic E-state index is 0.163. The van der Waals surface area contributed by atoms with E-state index in [2.05, 4.69) is 35.2 Å². The number of epoxide rings is 1. The van der Waals surface area contributed by atoms with Gasteiger partial charge in [0.05, 0.1) is 0 Å². The summed E-state index contributed by atoms with van der Waals surface area (Å²) < 4.78 is 8.59. The van der Waals surface area contributed by atoms with E-state index in [0.29, 0.717) is 9.97 Å². The van der Waals surface area contributed by atoms with Crippen molar-refractivity contribution in [3.8, 4) is 4.08 Å². The van der Waals surface area contributed by atoms with Gasteiger partial charge in [-0.3, -0.25) is 0 Å². The van der Waals surface area contributed by atoms with Crippen molar-refractivity contribution < 1.29 is 31.0 Å². The Morgan fingerprint density at radius 2 is 2.14 bits per heavy atom. The Morgan fingerprint density at radius 3 is 2.64 bits per heavy atom. The van der Waals surface area contributed by atoms with Crippen LogP contribution in [0.1, 0.15) is 40.0 Å². The van der Waals surface area contributed by atoms with E-state index in [0.717, 1.165) is 39.0 Å². The second-order valence-electron chi connectivity index (χ2n) is 6.46. The van der Waals surface area contributed by atoms with Crippen molar-refractivity contribution in [1.82, 2.24) is 10.2 Å². The standard InChI is InChI=1S/C16H31IN3O2/c1-5-13(2)8-15(17-12-18)20(4)16(11-22-16)6-7-19-9-14(3)10-21/h13-15,19,21H,5-11H2,1-4H3/q-1/t13?,14?,15?,16-/m0/s1. The van der Waals surface area contributed by atoms with Crippen LogP contribution in [0.5, 0.6) is 0 Å². The number of nitriles is 1. The van der Waals surface area contributed by atoms with Gasteiger partial charge in [0.15, 0.2) is 0 Å². The number of hydrogen-bond acceptors (Lipinski definition) is 5. The fourth-order valence-corrected chi connectivity index (χ4v) is 4.76. The first-order chi connectivity index (χ1) is 10.5. The summed E-state index contributed by atoms with van der Waals surface area (Å²) in [5, 5.41) is 21.6. The molecule has 1 fully saturated rings. The van der Waals surface area contributed by atoms with E-state index in [1.165, 1.54) is 0 Å². The number of nitrogens with zero attached hydrogens (tertiary/aromatic N) is 2. The first kappa shape index (κ1) is 20.1. The molecule has 0 bridgehead atoms. The van der Waals surface area contributed by atoms with Gasteiger partial charge in [-0.15, -0.1) is 0 Å². The van der Waals surface area contributed by atoms with Crippen molar-refractivity contribution in [3.05, 3.63) is 0 Å². The summed E-state index contributed by atoms with van der Waals surface area (Å²) >= 11 is -0.479. The predicted molar refractivity (Wildman–Crippen MR) is 83.7 cm³/mol. The van der Waals surface area contributed by atoms with Crippen LogP contribution in [0, 0.1) is 21.2 Å². The maximum atomic E-state index is 9.16. The molecule has 1 rings (SSSR count). The van der Waals surface area contributed by atoms with Gasteiger partial charge in [0.2, 0.25) is 0 Å². The first-order valence-corrected chi connectivity index (χ1v) is 10.5. The number of aliphatic hydroxyl groups excluding tert-OH is 1. The third-order valence-electron chi connectivity index (χ3n) is 4.51. The number of likely N-dealkylation sites (N-methyl/N-ethyl adjacent to an activating group) is 1. The number of hydrogen-bond donors (Lipinski definition) is 2. The van der Waals surface area contributed by atoms with Gasteiger partial charge >= 0.3 is 146 Å². The van der Waals surface area contributed by atoms with Gasteiger partial charge in [0, 0.05) is 0 Å². The van der Waals surface area contributed by atoms with Crippen LogP contribution in [0.3, 0.4) is 0 Å². The van der Waals surface area contributed by atoms with Gasteiger partial charge in [-0.25, -0.2) is 0 Å². The fraction of sp³-hybridized carbons (Fsp3) is 0.938. The molecule has 22 heavy (non-hydrogen) atoms. The Morgan fingerprint density at radius 1 is 1.45 bits per heavy atom. The van der Waals surface area contributed by atoms with E-state index in [4.69, 9.17) is 15.1 Å². The third kappa shape index (κ3) is 6.28. The Balaban J connectivity index is 2.46. The molecule has 1 heterocycles. The van der Waals surface area contributed by atoms with Crippen LogP contribution in [0.2, 0.25) is 0 Å². The quantitative estimate of drug-likeness (QED) is 0.132. The van der Waals surface area contributed by atoms with Crippen molar-refractivity contribution in [3.63, 3.8) is 0 Å². The van der Waals surface area contributed by atoms with Crippen molar-refractivity contribution in [2.24, 2.45) is 11.8 Å². The SMILES string of the molecule is CCC(C)CC([I-]C#N)N(C)[C@]1(CCNCC(C)CO)CO1. The van der Waals surface area contributed by atoms with Gasteiger partial charge in [-0.1, -0.05) is 0 Å².